The van der Waals surface area contributed by atoms with Crippen molar-refractivity contribution in [2.75, 3.05) is 0 Å². The van der Waals surface area contributed by atoms with Crippen LogP contribution in [0.4, 0.5) is 0 Å². The molecule has 0 heterocycles. The third-order valence-electron chi connectivity index (χ3n) is 5.03. The Morgan fingerprint density at radius 2 is 1.41 bits per heavy atom. The van der Waals surface area contributed by atoms with E-state index in [-0.39, 0.29) is 29.1 Å². The van der Waals surface area contributed by atoms with Crippen LogP contribution in [0, 0.1) is 12.8 Å². The molecule has 3 rings (SSSR count). The molecule has 1 aliphatic rings. The Labute approximate surface area is 169 Å². The summed E-state index contributed by atoms with van der Waals surface area (Å²) in [6, 6.07) is 11.0. The highest BCUT2D eigenvalue weighted by Crippen LogP contribution is 2.32. The van der Waals surface area contributed by atoms with Crippen molar-refractivity contribution in [3.63, 3.8) is 0 Å². The Bertz CT molecular complexity index is 925. The van der Waals surface area contributed by atoms with E-state index in [9.17, 15) is 14.4 Å². The summed E-state index contributed by atoms with van der Waals surface area (Å²) in [6.45, 7) is 6.22. The van der Waals surface area contributed by atoms with Gasteiger partial charge in [0.25, 0.3) is 0 Å². The van der Waals surface area contributed by atoms with Gasteiger partial charge in [-0.15, -0.1) is 0 Å². The fourth-order valence-corrected chi connectivity index (χ4v) is 3.52. The zero-order valence-corrected chi connectivity index (χ0v) is 17.0. The Hall–Kier alpha value is -3.15. The van der Waals surface area contributed by atoms with Gasteiger partial charge in [-0.3, -0.25) is 9.59 Å². The van der Waals surface area contributed by atoms with Crippen LogP contribution in [0.5, 0.6) is 11.5 Å². The molecule has 2 aromatic carbocycles. The average Bonchev–Trinajstić information content (AvgIpc) is 2.64. The van der Waals surface area contributed by atoms with E-state index in [2.05, 4.69) is 13.0 Å². The molecule has 0 aliphatic heterocycles. The molecule has 0 spiro atoms. The molecule has 0 fully saturated rings. The predicted molar refractivity (Wildman–Crippen MR) is 106 cm³/mol. The van der Waals surface area contributed by atoms with Crippen LogP contribution in [-0.2, 0) is 27.2 Å². The van der Waals surface area contributed by atoms with Gasteiger partial charge in [0.2, 0.25) is 0 Å². The lowest BCUT2D eigenvalue weighted by atomic mass is 9.83. The van der Waals surface area contributed by atoms with Gasteiger partial charge in [-0.1, -0.05) is 31.2 Å². The fourth-order valence-electron chi connectivity index (χ4n) is 3.52. The van der Waals surface area contributed by atoms with Gasteiger partial charge in [-0.05, 0) is 42.5 Å². The normalized spacial score (nSPS) is 17.8. The van der Waals surface area contributed by atoms with Crippen molar-refractivity contribution in [2.45, 2.75) is 46.6 Å². The molecular weight excluding hydrogens is 372 g/mol. The molecule has 29 heavy (non-hydrogen) atoms. The van der Waals surface area contributed by atoms with Crippen molar-refractivity contribution < 1.29 is 28.6 Å². The van der Waals surface area contributed by atoms with Gasteiger partial charge in [0.15, 0.2) is 0 Å². The second kappa shape index (κ2) is 8.47. The van der Waals surface area contributed by atoms with Gasteiger partial charge in [0, 0.05) is 25.8 Å². The van der Waals surface area contributed by atoms with Gasteiger partial charge in [0.1, 0.15) is 17.6 Å². The Kier molecular flexibility index (Phi) is 6.01. The minimum atomic E-state index is -0.553. The number of benzene rings is 2. The molecule has 0 unspecified atom stereocenters. The molecule has 152 valence electrons. The lowest BCUT2D eigenvalue weighted by molar-refractivity contribution is -0.132. The number of fused-ring (bicyclic) bond motifs is 1. The summed E-state index contributed by atoms with van der Waals surface area (Å²) in [5.74, 6) is -1.14. The Morgan fingerprint density at radius 3 is 1.93 bits per heavy atom. The first-order valence-corrected chi connectivity index (χ1v) is 9.54. The highest BCUT2D eigenvalue weighted by atomic mass is 16.6. The van der Waals surface area contributed by atoms with Crippen LogP contribution < -0.4 is 9.47 Å². The van der Waals surface area contributed by atoms with Crippen molar-refractivity contribution in [2.24, 2.45) is 5.92 Å². The number of hydrogen-bond acceptors (Lipinski definition) is 6. The second-order valence-corrected chi connectivity index (χ2v) is 7.38. The van der Waals surface area contributed by atoms with Crippen molar-refractivity contribution in [3.8, 4) is 11.5 Å². The summed E-state index contributed by atoms with van der Waals surface area (Å²) >= 11 is 0. The minimum Gasteiger partial charge on any atom is -0.458 e. The summed E-state index contributed by atoms with van der Waals surface area (Å²) in [7, 11) is 0. The highest BCUT2D eigenvalue weighted by Gasteiger charge is 2.29. The van der Waals surface area contributed by atoms with Crippen molar-refractivity contribution >= 4 is 17.9 Å². The molecule has 0 N–H and O–H groups in total. The SMILES string of the molecule is CC(=O)Oc1cc(C(=O)O[C@@H]2Cc3ccccc3C[C@@H]2C)cc(OC(C)=O)c1C. The van der Waals surface area contributed by atoms with E-state index in [4.69, 9.17) is 14.2 Å². The number of rotatable bonds is 4. The van der Waals surface area contributed by atoms with E-state index < -0.39 is 17.9 Å². The van der Waals surface area contributed by atoms with E-state index in [1.165, 1.54) is 37.1 Å². The van der Waals surface area contributed by atoms with Gasteiger partial charge in [-0.2, -0.15) is 0 Å². The highest BCUT2D eigenvalue weighted by molar-refractivity contribution is 5.91. The molecule has 0 radical (unpaired) electrons. The molecule has 0 bridgehead atoms. The van der Waals surface area contributed by atoms with E-state index in [0.717, 1.165) is 6.42 Å². The maximum Gasteiger partial charge on any atom is 0.338 e. The summed E-state index contributed by atoms with van der Waals surface area (Å²) < 4.78 is 16.1. The maximum atomic E-state index is 12.9. The first-order chi connectivity index (χ1) is 13.7. The summed E-state index contributed by atoms with van der Waals surface area (Å²) in [5.41, 5.74) is 3.06. The molecule has 6 heteroatoms. The first kappa shape index (κ1) is 20.6. The van der Waals surface area contributed by atoms with Crippen molar-refractivity contribution in [1.29, 1.82) is 0 Å². The van der Waals surface area contributed by atoms with Crippen LogP contribution in [0.1, 0.15) is 47.8 Å². The van der Waals surface area contributed by atoms with Crippen molar-refractivity contribution in [3.05, 3.63) is 58.7 Å². The van der Waals surface area contributed by atoms with Crippen LogP contribution >= 0.6 is 0 Å². The lowest BCUT2D eigenvalue weighted by Gasteiger charge is -2.30. The number of ether oxygens (including phenoxy) is 3. The van der Waals surface area contributed by atoms with E-state index in [1.807, 2.05) is 18.2 Å². The average molecular weight is 396 g/mol. The first-order valence-electron chi connectivity index (χ1n) is 9.54. The third-order valence-corrected chi connectivity index (χ3v) is 5.03. The topological polar surface area (TPSA) is 78.9 Å². The molecule has 2 atom stereocenters. The molecule has 2 aromatic rings. The van der Waals surface area contributed by atoms with Crippen LogP contribution in [0.25, 0.3) is 0 Å². The molecule has 0 saturated heterocycles. The summed E-state index contributed by atoms with van der Waals surface area (Å²) in [5, 5.41) is 0. The number of hydrogen-bond donors (Lipinski definition) is 0. The van der Waals surface area contributed by atoms with E-state index >= 15 is 0 Å². The van der Waals surface area contributed by atoms with Crippen molar-refractivity contribution in [1.82, 2.24) is 0 Å². The zero-order chi connectivity index (χ0) is 21.1. The summed E-state index contributed by atoms with van der Waals surface area (Å²) in [6.07, 6.45) is 1.20. The smallest absolute Gasteiger partial charge is 0.338 e. The molecule has 6 nitrogen and oxygen atoms in total. The standard InChI is InChI=1S/C23H24O6/c1-13-9-17-7-5-6-8-18(17)10-20(13)29-23(26)19-11-21(27-15(3)24)14(2)22(12-19)28-16(4)25/h5-8,11-13,20H,9-10H2,1-4H3/t13-,20+/m0/s1. The van der Waals surface area contributed by atoms with Crippen LogP contribution in [0.15, 0.2) is 36.4 Å². The molecule has 0 saturated carbocycles. The van der Waals surface area contributed by atoms with Crippen LogP contribution in [-0.4, -0.2) is 24.0 Å². The van der Waals surface area contributed by atoms with Gasteiger partial charge in [0.05, 0.1) is 5.56 Å². The van der Waals surface area contributed by atoms with E-state index in [0.29, 0.717) is 12.0 Å². The number of esters is 3. The zero-order valence-electron chi connectivity index (χ0n) is 17.0. The fraction of sp³-hybridized carbons (Fsp3) is 0.348. The van der Waals surface area contributed by atoms with Crippen LogP contribution in [0.2, 0.25) is 0 Å². The monoisotopic (exact) mass is 396 g/mol. The van der Waals surface area contributed by atoms with E-state index in [1.54, 1.807) is 6.92 Å². The molecular formula is C23H24O6. The maximum absolute atomic E-state index is 12.9. The largest absolute Gasteiger partial charge is 0.458 e. The van der Waals surface area contributed by atoms with Gasteiger partial charge in [-0.25, -0.2) is 4.79 Å². The van der Waals surface area contributed by atoms with Gasteiger partial charge >= 0.3 is 17.9 Å². The molecule has 0 amide bonds. The predicted octanol–water partition coefficient (Wildman–Crippen LogP) is 3.81. The lowest BCUT2D eigenvalue weighted by Crippen LogP contribution is -2.33. The Balaban J connectivity index is 1.86. The van der Waals surface area contributed by atoms with Crippen LogP contribution in [0.3, 0.4) is 0 Å². The summed E-state index contributed by atoms with van der Waals surface area (Å²) in [4.78, 5) is 35.7. The Morgan fingerprint density at radius 1 is 0.897 bits per heavy atom. The number of carbonyl (C=O) groups is 3. The minimum absolute atomic E-state index is 0.158. The molecule has 1 aliphatic carbocycles. The number of carbonyl (C=O) groups excluding carboxylic acids is 3. The third kappa shape index (κ3) is 4.83. The molecule has 0 aromatic heterocycles. The quantitative estimate of drug-likeness (QED) is 0.578. The second-order valence-electron chi connectivity index (χ2n) is 7.38. The van der Waals surface area contributed by atoms with Gasteiger partial charge < -0.3 is 14.2 Å².